The Balaban J connectivity index is 1.85. The molecule has 0 amide bonds. The van der Waals surface area contributed by atoms with Crippen LogP contribution in [0.15, 0.2) is 60.9 Å². The Morgan fingerprint density at radius 1 is 1.11 bits per heavy atom. The van der Waals surface area contributed by atoms with Crippen molar-refractivity contribution in [1.82, 2.24) is 15.0 Å². The molecule has 3 heterocycles. The molecule has 0 radical (unpaired) electrons. The van der Waals surface area contributed by atoms with Crippen molar-refractivity contribution >= 4 is 61.8 Å². The third-order valence-electron chi connectivity index (χ3n) is 4.67. The second-order valence-electron chi connectivity index (χ2n) is 6.43. The minimum absolute atomic E-state index is 0.186. The van der Waals surface area contributed by atoms with E-state index < -0.39 is 5.97 Å². The molecule has 5 aromatic rings. The van der Waals surface area contributed by atoms with Crippen LogP contribution in [-0.2, 0) is 0 Å². The highest BCUT2D eigenvalue weighted by atomic mass is 35.5. The second kappa shape index (κ2) is 6.21. The van der Waals surface area contributed by atoms with Gasteiger partial charge < -0.3 is 15.4 Å². The zero-order chi connectivity index (χ0) is 19.3. The average Bonchev–Trinajstić information content (AvgIpc) is 3.08. The van der Waals surface area contributed by atoms with E-state index in [4.69, 9.17) is 16.6 Å². The Hall–Kier alpha value is -3.64. The zero-order valence-corrected chi connectivity index (χ0v) is 15.2. The highest BCUT2D eigenvalue weighted by Gasteiger charge is 2.16. The maximum atomic E-state index is 11.4. The van der Waals surface area contributed by atoms with E-state index in [2.05, 4.69) is 15.3 Å². The standard InChI is InChI=1S/C21H13ClN4O2/c22-12-2-1-3-13(9-12)24-20-19-18(15-10-23-7-6-16(15)25-19)14-5-4-11(21(27)28)8-17(14)26-20/h1-10,25H,(H,24,26)(H,27,28). The van der Waals surface area contributed by atoms with Gasteiger partial charge in [0.1, 0.15) is 0 Å². The molecule has 0 aliphatic carbocycles. The first-order chi connectivity index (χ1) is 13.6. The van der Waals surface area contributed by atoms with Gasteiger partial charge in [-0.3, -0.25) is 4.98 Å². The Bertz CT molecular complexity index is 1390. The van der Waals surface area contributed by atoms with E-state index in [1.165, 1.54) is 0 Å². The summed E-state index contributed by atoms with van der Waals surface area (Å²) >= 11 is 6.10. The van der Waals surface area contributed by atoms with Crippen LogP contribution in [-0.4, -0.2) is 26.0 Å². The molecular weight excluding hydrogens is 376 g/mol. The number of anilines is 2. The largest absolute Gasteiger partial charge is 0.478 e. The number of H-pyrrole nitrogens is 1. The van der Waals surface area contributed by atoms with Crippen LogP contribution in [0.25, 0.3) is 32.7 Å². The average molecular weight is 389 g/mol. The van der Waals surface area contributed by atoms with Crippen molar-refractivity contribution in [2.75, 3.05) is 5.32 Å². The van der Waals surface area contributed by atoms with Crippen LogP contribution in [0.3, 0.4) is 0 Å². The van der Waals surface area contributed by atoms with E-state index in [1.54, 1.807) is 42.7 Å². The summed E-state index contributed by atoms with van der Waals surface area (Å²) in [4.78, 5) is 23.7. The molecule has 6 nitrogen and oxygen atoms in total. The van der Waals surface area contributed by atoms with Gasteiger partial charge >= 0.3 is 5.97 Å². The minimum atomic E-state index is -0.992. The highest BCUT2D eigenvalue weighted by molar-refractivity contribution is 6.31. The number of carboxylic acid groups (broad SMARTS) is 1. The molecule has 0 fully saturated rings. The number of hydrogen-bond acceptors (Lipinski definition) is 4. The molecule has 7 heteroatoms. The number of halogens is 1. The fourth-order valence-corrected chi connectivity index (χ4v) is 3.62. The van der Waals surface area contributed by atoms with Gasteiger partial charge in [-0.1, -0.05) is 23.7 Å². The Morgan fingerprint density at radius 3 is 2.82 bits per heavy atom. The van der Waals surface area contributed by atoms with E-state index in [9.17, 15) is 9.90 Å². The van der Waals surface area contributed by atoms with Gasteiger partial charge in [0.05, 0.1) is 16.6 Å². The molecule has 0 saturated carbocycles. The third-order valence-corrected chi connectivity index (χ3v) is 4.91. The Morgan fingerprint density at radius 2 is 2.00 bits per heavy atom. The summed E-state index contributed by atoms with van der Waals surface area (Å²) in [7, 11) is 0. The van der Waals surface area contributed by atoms with Crippen molar-refractivity contribution in [2.24, 2.45) is 0 Å². The molecule has 3 aromatic heterocycles. The monoisotopic (exact) mass is 388 g/mol. The van der Waals surface area contributed by atoms with E-state index in [0.717, 1.165) is 32.9 Å². The van der Waals surface area contributed by atoms with Crippen molar-refractivity contribution in [3.63, 3.8) is 0 Å². The molecule has 0 spiro atoms. The number of aromatic nitrogens is 3. The minimum Gasteiger partial charge on any atom is -0.478 e. The molecular formula is C21H13ClN4O2. The second-order valence-corrected chi connectivity index (χ2v) is 6.87. The first-order valence-corrected chi connectivity index (χ1v) is 8.93. The number of carboxylic acids is 1. The molecule has 0 aliphatic heterocycles. The predicted molar refractivity (Wildman–Crippen MR) is 111 cm³/mol. The highest BCUT2D eigenvalue weighted by Crippen LogP contribution is 2.36. The van der Waals surface area contributed by atoms with Crippen molar-refractivity contribution < 1.29 is 9.90 Å². The topological polar surface area (TPSA) is 90.9 Å². The van der Waals surface area contributed by atoms with Crippen LogP contribution in [0.4, 0.5) is 11.5 Å². The lowest BCUT2D eigenvalue weighted by Gasteiger charge is -2.10. The summed E-state index contributed by atoms with van der Waals surface area (Å²) < 4.78 is 0. The van der Waals surface area contributed by atoms with Gasteiger partial charge in [0.25, 0.3) is 0 Å². The lowest BCUT2D eigenvalue weighted by molar-refractivity contribution is 0.0697. The van der Waals surface area contributed by atoms with Crippen LogP contribution < -0.4 is 5.32 Å². The van der Waals surface area contributed by atoms with Crippen LogP contribution >= 0.6 is 11.6 Å². The van der Waals surface area contributed by atoms with Gasteiger partial charge in [0.2, 0.25) is 0 Å². The number of nitrogens with one attached hydrogen (secondary N) is 2. The molecule has 28 heavy (non-hydrogen) atoms. The van der Waals surface area contributed by atoms with Gasteiger partial charge in [-0.05, 0) is 36.4 Å². The number of carbonyl (C=O) groups is 1. The third kappa shape index (κ3) is 2.62. The summed E-state index contributed by atoms with van der Waals surface area (Å²) in [6.45, 7) is 0. The molecule has 136 valence electrons. The molecule has 0 bridgehead atoms. The number of aromatic amines is 1. The molecule has 0 atom stereocenters. The molecule has 0 unspecified atom stereocenters. The number of fused-ring (bicyclic) bond motifs is 5. The van der Waals surface area contributed by atoms with Crippen LogP contribution in [0.5, 0.6) is 0 Å². The summed E-state index contributed by atoms with van der Waals surface area (Å²) in [6, 6.07) is 14.2. The first-order valence-electron chi connectivity index (χ1n) is 8.55. The Labute approximate surface area is 163 Å². The summed E-state index contributed by atoms with van der Waals surface area (Å²) in [5, 5.41) is 16.0. The number of benzene rings is 2. The molecule has 3 N–H and O–H groups in total. The van der Waals surface area contributed by atoms with Crippen LogP contribution in [0.1, 0.15) is 10.4 Å². The van der Waals surface area contributed by atoms with Crippen molar-refractivity contribution in [3.8, 4) is 0 Å². The summed E-state index contributed by atoms with van der Waals surface area (Å²) in [5.74, 6) is -0.405. The number of aromatic carboxylic acids is 1. The van der Waals surface area contributed by atoms with Gasteiger partial charge in [0, 0.05) is 44.8 Å². The normalized spacial score (nSPS) is 11.3. The molecule has 2 aromatic carbocycles. The van der Waals surface area contributed by atoms with Gasteiger partial charge in [-0.15, -0.1) is 0 Å². The maximum Gasteiger partial charge on any atom is 0.335 e. The lowest BCUT2D eigenvalue weighted by Crippen LogP contribution is -1.99. The summed E-state index contributed by atoms with van der Waals surface area (Å²) in [6.07, 6.45) is 3.52. The molecule has 0 aliphatic rings. The van der Waals surface area contributed by atoms with E-state index >= 15 is 0 Å². The van der Waals surface area contributed by atoms with E-state index in [0.29, 0.717) is 16.4 Å². The summed E-state index contributed by atoms with van der Waals surface area (Å²) in [5.41, 5.74) is 3.30. The first kappa shape index (κ1) is 16.5. The van der Waals surface area contributed by atoms with Gasteiger partial charge in [-0.2, -0.15) is 0 Å². The van der Waals surface area contributed by atoms with Crippen molar-refractivity contribution in [2.45, 2.75) is 0 Å². The maximum absolute atomic E-state index is 11.4. The Kier molecular flexibility index (Phi) is 3.67. The number of hydrogen-bond donors (Lipinski definition) is 3. The van der Waals surface area contributed by atoms with Crippen LogP contribution in [0.2, 0.25) is 5.02 Å². The van der Waals surface area contributed by atoms with Crippen molar-refractivity contribution in [3.05, 3.63) is 71.5 Å². The predicted octanol–water partition coefficient (Wildman–Crippen LogP) is 5.36. The van der Waals surface area contributed by atoms with Gasteiger partial charge in [0.15, 0.2) is 5.82 Å². The SMILES string of the molecule is O=C(O)c1ccc2c(c1)nc(Nc1cccc(Cl)c1)c1[nH]c3ccncc3c12. The van der Waals surface area contributed by atoms with Crippen molar-refractivity contribution in [1.29, 1.82) is 0 Å². The number of nitrogens with zero attached hydrogens (tertiary/aromatic N) is 2. The fourth-order valence-electron chi connectivity index (χ4n) is 3.43. The number of pyridine rings is 2. The van der Waals surface area contributed by atoms with E-state index in [-0.39, 0.29) is 5.56 Å². The van der Waals surface area contributed by atoms with Crippen LogP contribution in [0, 0.1) is 0 Å². The van der Waals surface area contributed by atoms with Gasteiger partial charge in [-0.25, -0.2) is 9.78 Å². The quantitative estimate of drug-likeness (QED) is 0.387. The molecule has 5 rings (SSSR count). The lowest BCUT2D eigenvalue weighted by atomic mass is 10.1. The zero-order valence-electron chi connectivity index (χ0n) is 14.4. The molecule has 0 saturated heterocycles. The fraction of sp³-hybridized carbons (Fsp3) is 0. The smallest absolute Gasteiger partial charge is 0.335 e. The van der Waals surface area contributed by atoms with E-state index in [1.807, 2.05) is 18.2 Å². The number of rotatable bonds is 3.